The highest BCUT2D eigenvalue weighted by molar-refractivity contribution is 7.99. The van der Waals surface area contributed by atoms with Crippen molar-refractivity contribution in [3.8, 4) is 0 Å². The van der Waals surface area contributed by atoms with E-state index in [1.54, 1.807) is 23.2 Å². The maximum atomic E-state index is 12.9. The zero-order valence-electron chi connectivity index (χ0n) is 16.9. The molecule has 0 aliphatic carbocycles. The number of benzene rings is 1. The van der Waals surface area contributed by atoms with Crippen molar-refractivity contribution in [2.75, 3.05) is 44.2 Å². The predicted molar refractivity (Wildman–Crippen MR) is 123 cm³/mol. The fraction of sp³-hybridized carbons (Fsp3) is 0.476. The molecule has 0 saturated carbocycles. The van der Waals surface area contributed by atoms with Crippen LogP contribution < -0.4 is 5.32 Å². The predicted octanol–water partition coefficient (Wildman–Crippen LogP) is 2.66. The van der Waals surface area contributed by atoms with E-state index < -0.39 is 10.0 Å². The van der Waals surface area contributed by atoms with Gasteiger partial charge in [-0.05, 0) is 35.4 Å². The van der Waals surface area contributed by atoms with Gasteiger partial charge in [-0.2, -0.15) is 16.1 Å². The zero-order chi connectivity index (χ0) is 21.0. The fourth-order valence-corrected chi connectivity index (χ4v) is 7.81. The van der Waals surface area contributed by atoms with E-state index in [2.05, 4.69) is 34.5 Å². The molecule has 162 valence electrons. The van der Waals surface area contributed by atoms with E-state index in [1.165, 1.54) is 26.8 Å². The Balaban J connectivity index is 1.29. The fourth-order valence-electron chi connectivity index (χ4n) is 3.92. The summed E-state index contributed by atoms with van der Waals surface area (Å²) in [6.07, 6.45) is 1.90. The number of carbonyl (C=O) groups is 1. The van der Waals surface area contributed by atoms with Crippen LogP contribution in [0.1, 0.15) is 27.2 Å². The number of carbonyl (C=O) groups excluding carboxylic acids is 1. The summed E-state index contributed by atoms with van der Waals surface area (Å²) in [5.74, 6) is 1.30. The van der Waals surface area contributed by atoms with Gasteiger partial charge >= 0.3 is 0 Å². The summed E-state index contributed by atoms with van der Waals surface area (Å²) in [6, 6.07) is 10.1. The van der Waals surface area contributed by atoms with Gasteiger partial charge in [-0.1, -0.05) is 24.3 Å². The van der Waals surface area contributed by atoms with Crippen LogP contribution in [-0.4, -0.2) is 67.8 Å². The van der Waals surface area contributed by atoms with Crippen molar-refractivity contribution in [3.63, 3.8) is 0 Å². The van der Waals surface area contributed by atoms with Gasteiger partial charge in [0.15, 0.2) is 0 Å². The van der Waals surface area contributed by atoms with Crippen LogP contribution in [-0.2, 0) is 23.0 Å². The van der Waals surface area contributed by atoms with Gasteiger partial charge in [0.2, 0.25) is 10.0 Å². The molecular formula is C21H27N3O3S3. The van der Waals surface area contributed by atoms with Crippen molar-refractivity contribution in [3.05, 3.63) is 51.7 Å². The summed E-state index contributed by atoms with van der Waals surface area (Å²) < 4.78 is 27.4. The van der Waals surface area contributed by atoms with Gasteiger partial charge in [0.1, 0.15) is 9.77 Å². The first-order chi connectivity index (χ1) is 14.6. The van der Waals surface area contributed by atoms with Gasteiger partial charge in [0, 0.05) is 50.8 Å². The van der Waals surface area contributed by atoms with Crippen molar-refractivity contribution in [2.24, 2.45) is 0 Å². The SMILES string of the molecule is O=C(NCCCN1CCc2ccccc2C1)c1sccc1S(=O)(=O)N1CCSCC1. The lowest BCUT2D eigenvalue weighted by Crippen LogP contribution is -2.38. The first kappa shape index (κ1) is 21.8. The van der Waals surface area contributed by atoms with Crippen LogP contribution in [0.2, 0.25) is 0 Å². The minimum atomic E-state index is -3.61. The second kappa shape index (κ2) is 9.82. The maximum Gasteiger partial charge on any atom is 0.262 e. The molecule has 1 amide bonds. The molecule has 1 aromatic heterocycles. The maximum absolute atomic E-state index is 12.9. The van der Waals surface area contributed by atoms with Crippen molar-refractivity contribution in [1.82, 2.24) is 14.5 Å². The van der Waals surface area contributed by atoms with Gasteiger partial charge < -0.3 is 5.32 Å². The van der Waals surface area contributed by atoms with E-state index in [0.717, 1.165) is 44.0 Å². The van der Waals surface area contributed by atoms with E-state index in [-0.39, 0.29) is 10.8 Å². The van der Waals surface area contributed by atoms with Crippen LogP contribution in [0.15, 0.2) is 40.6 Å². The first-order valence-corrected chi connectivity index (χ1v) is 13.8. The lowest BCUT2D eigenvalue weighted by Gasteiger charge is -2.28. The summed E-state index contributed by atoms with van der Waals surface area (Å²) in [6.45, 7) is 4.44. The lowest BCUT2D eigenvalue weighted by atomic mass is 10.00. The average molecular weight is 466 g/mol. The third kappa shape index (κ3) is 4.91. The van der Waals surface area contributed by atoms with Crippen molar-refractivity contribution in [1.29, 1.82) is 0 Å². The molecule has 1 saturated heterocycles. The van der Waals surface area contributed by atoms with Crippen LogP contribution in [0.25, 0.3) is 0 Å². The molecule has 1 fully saturated rings. The Morgan fingerprint density at radius 3 is 2.63 bits per heavy atom. The molecule has 0 radical (unpaired) electrons. The molecule has 30 heavy (non-hydrogen) atoms. The molecule has 0 unspecified atom stereocenters. The summed E-state index contributed by atoms with van der Waals surface area (Å²) in [4.78, 5) is 15.5. The molecule has 1 aromatic carbocycles. The normalized spacial score (nSPS) is 18.1. The number of nitrogens with one attached hydrogen (secondary N) is 1. The quantitative estimate of drug-likeness (QED) is 0.637. The van der Waals surface area contributed by atoms with Crippen molar-refractivity contribution in [2.45, 2.75) is 24.3 Å². The Kier molecular flexibility index (Phi) is 7.15. The van der Waals surface area contributed by atoms with E-state index in [1.807, 2.05) is 0 Å². The molecule has 0 spiro atoms. The van der Waals surface area contributed by atoms with Gasteiger partial charge in [-0.25, -0.2) is 8.42 Å². The first-order valence-electron chi connectivity index (χ1n) is 10.3. The van der Waals surface area contributed by atoms with Gasteiger partial charge in [0.25, 0.3) is 5.91 Å². The Morgan fingerprint density at radius 1 is 1.07 bits per heavy atom. The Morgan fingerprint density at radius 2 is 1.83 bits per heavy atom. The molecule has 3 heterocycles. The minimum Gasteiger partial charge on any atom is -0.351 e. The number of thioether (sulfide) groups is 1. The molecule has 9 heteroatoms. The molecule has 1 N–H and O–H groups in total. The Hall–Kier alpha value is -1.39. The van der Waals surface area contributed by atoms with Crippen LogP contribution in [0.5, 0.6) is 0 Å². The van der Waals surface area contributed by atoms with E-state index in [4.69, 9.17) is 0 Å². The summed E-state index contributed by atoms with van der Waals surface area (Å²) in [5, 5.41) is 4.60. The van der Waals surface area contributed by atoms with Crippen molar-refractivity contribution >= 4 is 39.0 Å². The zero-order valence-corrected chi connectivity index (χ0v) is 19.3. The summed E-state index contributed by atoms with van der Waals surface area (Å²) in [5.41, 5.74) is 2.82. The number of rotatable bonds is 7. The van der Waals surface area contributed by atoms with Gasteiger partial charge in [0.05, 0.1) is 0 Å². The molecular weight excluding hydrogens is 438 g/mol. The highest BCUT2D eigenvalue weighted by Gasteiger charge is 2.31. The summed E-state index contributed by atoms with van der Waals surface area (Å²) >= 11 is 2.95. The summed E-state index contributed by atoms with van der Waals surface area (Å²) in [7, 11) is -3.61. The standard InChI is InChI=1S/C21H27N3O3S3/c25-21(20-19(7-13-29-20)30(26,27)24-11-14-28-15-12-24)22-8-3-9-23-10-6-17-4-1-2-5-18(17)16-23/h1-2,4-5,7,13H,3,6,8-12,14-16H2,(H,22,25). The van der Waals surface area contributed by atoms with Crippen LogP contribution in [0.3, 0.4) is 0 Å². The number of sulfonamides is 1. The van der Waals surface area contributed by atoms with Crippen LogP contribution in [0.4, 0.5) is 0 Å². The minimum absolute atomic E-state index is 0.143. The number of thiophene rings is 1. The Labute approximate surface area is 186 Å². The molecule has 2 aliphatic rings. The number of hydrogen-bond donors (Lipinski definition) is 1. The van der Waals surface area contributed by atoms with E-state index in [9.17, 15) is 13.2 Å². The second-order valence-electron chi connectivity index (χ2n) is 7.53. The van der Waals surface area contributed by atoms with E-state index in [0.29, 0.717) is 24.5 Å². The van der Waals surface area contributed by atoms with E-state index >= 15 is 0 Å². The van der Waals surface area contributed by atoms with Crippen LogP contribution in [0, 0.1) is 0 Å². The number of nitrogens with zero attached hydrogens (tertiary/aromatic N) is 2. The smallest absolute Gasteiger partial charge is 0.262 e. The third-order valence-corrected chi connectivity index (χ3v) is 9.50. The molecule has 0 bridgehead atoms. The van der Waals surface area contributed by atoms with Crippen molar-refractivity contribution < 1.29 is 13.2 Å². The Bertz CT molecular complexity index is 984. The second-order valence-corrected chi connectivity index (χ2v) is 11.6. The molecule has 6 nitrogen and oxygen atoms in total. The lowest BCUT2D eigenvalue weighted by molar-refractivity contribution is 0.0952. The largest absolute Gasteiger partial charge is 0.351 e. The number of fused-ring (bicyclic) bond motifs is 1. The highest BCUT2D eigenvalue weighted by atomic mass is 32.2. The molecule has 4 rings (SSSR count). The van der Waals surface area contributed by atoms with Gasteiger partial charge in [-0.15, -0.1) is 11.3 Å². The van der Waals surface area contributed by atoms with Crippen LogP contribution >= 0.6 is 23.1 Å². The monoisotopic (exact) mass is 465 g/mol. The average Bonchev–Trinajstić information content (AvgIpc) is 3.28. The number of amides is 1. The number of hydrogen-bond acceptors (Lipinski definition) is 6. The third-order valence-electron chi connectivity index (χ3n) is 5.57. The topological polar surface area (TPSA) is 69.7 Å². The molecule has 0 atom stereocenters. The molecule has 2 aliphatic heterocycles. The van der Waals surface area contributed by atoms with Gasteiger partial charge in [-0.3, -0.25) is 9.69 Å². The molecule has 2 aromatic rings. The highest BCUT2D eigenvalue weighted by Crippen LogP contribution is 2.27.